The second-order valence-electron chi connectivity index (χ2n) is 10.4. The molecule has 0 spiro atoms. The van der Waals surface area contributed by atoms with Crippen molar-refractivity contribution in [1.29, 1.82) is 0 Å². The molecule has 0 radical (unpaired) electrons. The summed E-state index contributed by atoms with van der Waals surface area (Å²) in [5.41, 5.74) is 7.11. The van der Waals surface area contributed by atoms with Gasteiger partial charge in [0.15, 0.2) is 11.5 Å². The Morgan fingerprint density at radius 3 is 2.72 bits per heavy atom. The molecule has 3 N–H and O–H groups in total. The fraction of sp³-hybridized carbons (Fsp3) is 0.161. The zero-order chi connectivity index (χ0) is 27.7. The number of anilines is 1. The van der Waals surface area contributed by atoms with Crippen molar-refractivity contribution in [2.75, 3.05) is 5.32 Å². The SMILES string of the molecule is C=C(Nc1cncc(/C(C)=C/C=c2/[nH]nc(-c3nc4nccc(-c5cccc(F)c5)c4[nH]3)c2=C)c1)C(C)(C)C. The lowest BCUT2D eigenvalue weighted by molar-refractivity contribution is 0.509. The number of hydrogen-bond acceptors (Lipinski definition) is 5. The zero-order valence-electron chi connectivity index (χ0n) is 22.4. The number of imidazole rings is 1. The van der Waals surface area contributed by atoms with E-state index in [1.807, 2.05) is 43.5 Å². The van der Waals surface area contributed by atoms with Crippen molar-refractivity contribution in [3.63, 3.8) is 0 Å². The van der Waals surface area contributed by atoms with Crippen LogP contribution in [0.5, 0.6) is 0 Å². The summed E-state index contributed by atoms with van der Waals surface area (Å²) in [6.07, 6.45) is 9.20. The van der Waals surface area contributed by atoms with Gasteiger partial charge < -0.3 is 10.3 Å². The zero-order valence-corrected chi connectivity index (χ0v) is 22.4. The largest absolute Gasteiger partial charge is 0.358 e. The smallest absolute Gasteiger partial charge is 0.178 e. The Morgan fingerprint density at radius 2 is 1.95 bits per heavy atom. The fourth-order valence-electron chi connectivity index (χ4n) is 4.02. The second-order valence-corrected chi connectivity index (χ2v) is 10.4. The van der Waals surface area contributed by atoms with E-state index in [-0.39, 0.29) is 11.2 Å². The van der Waals surface area contributed by atoms with Gasteiger partial charge in [0.1, 0.15) is 11.5 Å². The van der Waals surface area contributed by atoms with Gasteiger partial charge in [0.2, 0.25) is 0 Å². The molecule has 1 aromatic carbocycles. The van der Waals surface area contributed by atoms with Crippen LogP contribution in [0.1, 0.15) is 33.3 Å². The standard InChI is InChI=1S/C31H30FN7/c1-18(22-15-24(17-33-16-22)35-20(3)31(4,5)6)10-11-26-19(2)27(39-38-26)30-36-28-25(12-13-34-29(28)37-30)21-8-7-9-23(32)14-21/h7-17,35,38H,2-3H2,1,4-6H3,(H,34,36,37)/b18-10+,26-11+. The van der Waals surface area contributed by atoms with E-state index in [1.54, 1.807) is 18.5 Å². The predicted molar refractivity (Wildman–Crippen MR) is 156 cm³/mol. The van der Waals surface area contributed by atoms with Crippen molar-refractivity contribution in [2.24, 2.45) is 5.41 Å². The van der Waals surface area contributed by atoms with E-state index in [2.05, 4.69) is 69.4 Å². The van der Waals surface area contributed by atoms with Crippen molar-refractivity contribution in [3.8, 4) is 22.6 Å². The molecule has 0 atom stereocenters. The van der Waals surface area contributed by atoms with E-state index < -0.39 is 0 Å². The van der Waals surface area contributed by atoms with Gasteiger partial charge in [-0.15, -0.1) is 0 Å². The number of allylic oxidation sites excluding steroid dienone is 3. The molecule has 0 saturated heterocycles. The Balaban J connectivity index is 1.44. The summed E-state index contributed by atoms with van der Waals surface area (Å²) >= 11 is 0. The van der Waals surface area contributed by atoms with Crippen molar-refractivity contribution in [2.45, 2.75) is 27.7 Å². The number of hydrogen-bond donors (Lipinski definition) is 3. The van der Waals surface area contributed by atoms with E-state index in [0.29, 0.717) is 27.9 Å². The van der Waals surface area contributed by atoms with Crippen LogP contribution in [0.2, 0.25) is 0 Å². The molecule has 5 rings (SSSR count). The third kappa shape index (κ3) is 5.40. The normalized spacial score (nSPS) is 12.7. The number of pyridine rings is 2. The highest BCUT2D eigenvalue weighted by Crippen LogP contribution is 2.28. The minimum absolute atomic E-state index is 0.0611. The van der Waals surface area contributed by atoms with Gasteiger partial charge in [-0.2, -0.15) is 5.10 Å². The average molecular weight is 520 g/mol. The summed E-state index contributed by atoms with van der Waals surface area (Å²) in [6, 6.07) is 10.3. The molecule has 0 aliphatic carbocycles. The molecule has 4 aromatic heterocycles. The highest BCUT2D eigenvalue weighted by atomic mass is 19.1. The molecule has 0 unspecified atom stereocenters. The Labute approximate surface area is 226 Å². The number of nitrogens with one attached hydrogen (secondary N) is 3. The van der Waals surface area contributed by atoms with Gasteiger partial charge in [-0.25, -0.2) is 14.4 Å². The highest BCUT2D eigenvalue weighted by Gasteiger charge is 2.16. The van der Waals surface area contributed by atoms with E-state index in [9.17, 15) is 4.39 Å². The van der Waals surface area contributed by atoms with E-state index >= 15 is 0 Å². The van der Waals surface area contributed by atoms with Crippen LogP contribution in [0.15, 0.2) is 73.3 Å². The number of H-pyrrole nitrogens is 2. The molecule has 0 aliphatic rings. The summed E-state index contributed by atoms with van der Waals surface area (Å²) in [4.78, 5) is 16.7. The lowest BCUT2D eigenvalue weighted by Gasteiger charge is -2.23. The van der Waals surface area contributed by atoms with Gasteiger partial charge in [-0.05, 0) is 54.0 Å². The number of aromatic amines is 2. The van der Waals surface area contributed by atoms with Gasteiger partial charge in [0.05, 0.1) is 22.8 Å². The Bertz CT molecular complexity index is 1840. The Morgan fingerprint density at radius 1 is 1.13 bits per heavy atom. The second kappa shape index (κ2) is 10.1. The van der Waals surface area contributed by atoms with Gasteiger partial charge >= 0.3 is 0 Å². The molecule has 0 fully saturated rings. The first kappa shape index (κ1) is 25.8. The molecule has 5 aromatic rings. The maximum atomic E-state index is 13.8. The van der Waals surface area contributed by atoms with Crippen LogP contribution in [0.25, 0.3) is 52.0 Å². The van der Waals surface area contributed by atoms with Crippen molar-refractivity contribution < 1.29 is 4.39 Å². The molecule has 0 aliphatic heterocycles. The van der Waals surface area contributed by atoms with E-state index in [4.69, 9.17) is 0 Å². The molecule has 196 valence electrons. The van der Waals surface area contributed by atoms with Crippen molar-refractivity contribution >= 4 is 35.1 Å². The topological polar surface area (TPSA) is 95.2 Å². The molecular formula is C31H30FN7. The first-order valence-corrected chi connectivity index (χ1v) is 12.5. The van der Waals surface area contributed by atoms with Crippen LogP contribution < -0.4 is 15.9 Å². The molecule has 39 heavy (non-hydrogen) atoms. The maximum absolute atomic E-state index is 13.8. The monoisotopic (exact) mass is 519 g/mol. The minimum Gasteiger partial charge on any atom is -0.358 e. The van der Waals surface area contributed by atoms with Crippen LogP contribution in [-0.4, -0.2) is 30.1 Å². The molecule has 0 amide bonds. The van der Waals surface area contributed by atoms with Gasteiger partial charge in [0.25, 0.3) is 0 Å². The highest BCUT2D eigenvalue weighted by molar-refractivity contribution is 5.91. The molecule has 0 bridgehead atoms. The van der Waals surface area contributed by atoms with E-state index in [0.717, 1.165) is 39.0 Å². The lowest BCUT2D eigenvalue weighted by Crippen LogP contribution is -2.21. The van der Waals surface area contributed by atoms with Gasteiger partial charge in [-0.1, -0.05) is 52.1 Å². The maximum Gasteiger partial charge on any atom is 0.178 e. The fourth-order valence-corrected chi connectivity index (χ4v) is 4.02. The lowest BCUT2D eigenvalue weighted by atomic mass is 9.93. The first-order valence-electron chi connectivity index (χ1n) is 12.5. The Kier molecular flexibility index (Phi) is 6.70. The number of benzene rings is 1. The van der Waals surface area contributed by atoms with Crippen LogP contribution in [0, 0.1) is 11.2 Å². The van der Waals surface area contributed by atoms with Gasteiger partial charge in [-0.3, -0.25) is 10.1 Å². The molecule has 8 heteroatoms. The van der Waals surface area contributed by atoms with Crippen LogP contribution in [0.3, 0.4) is 0 Å². The summed E-state index contributed by atoms with van der Waals surface area (Å²) < 4.78 is 13.8. The number of nitrogens with zero attached hydrogens (tertiary/aromatic N) is 4. The molecule has 4 heterocycles. The number of halogens is 1. The molecule has 0 saturated carbocycles. The quantitative estimate of drug-likeness (QED) is 0.263. The third-order valence-electron chi connectivity index (χ3n) is 6.55. The molecular weight excluding hydrogens is 489 g/mol. The summed E-state index contributed by atoms with van der Waals surface area (Å²) in [6.45, 7) is 16.7. The molecule has 7 nitrogen and oxygen atoms in total. The number of rotatable bonds is 6. The van der Waals surface area contributed by atoms with E-state index in [1.165, 1.54) is 12.1 Å². The third-order valence-corrected chi connectivity index (χ3v) is 6.55. The van der Waals surface area contributed by atoms with Crippen molar-refractivity contribution in [1.82, 2.24) is 30.1 Å². The van der Waals surface area contributed by atoms with Gasteiger partial charge in [0, 0.05) is 34.3 Å². The summed E-state index contributed by atoms with van der Waals surface area (Å²) in [5.74, 6) is 0.229. The predicted octanol–water partition coefficient (Wildman–Crippen LogP) is 5.82. The Hall–Kier alpha value is -4.85. The van der Waals surface area contributed by atoms with Crippen LogP contribution in [-0.2, 0) is 0 Å². The average Bonchev–Trinajstić information content (AvgIpc) is 3.49. The van der Waals surface area contributed by atoms with Crippen LogP contribution >= 0.6 is 0 Å². The van der Waals surface area contributed by atoms with Crippen LogP contribution in [0.4, 0.5) is 10.1 Å². The number of aromatic nitrogens is 6. The first-order chi connectivity index (χ1) is 18.6. The number of fused-ring (bicyclic) bond motifs is 1. The van der Waals surface area contributed by atoms with Crippen molar-refractivity contribution in [3.05, 3.63) is 95.3 Å². The summed E-state index contributed by atoms with van der Waals surface area (Å²) in [7, 11) is 0. The minimum atomic E-state index is -0.304. The summed E-state index contributed by atoms with van der Waals surface area (Å²) in [5, 5.41) is 12.3.